The van der Waals surface area contributed by atoms with E-state index in [1.54, 1.807) is 19.1 Å². The Hall–Kier alpha value is -1.86. The first-order valence-corrected chi connectivity index (χ1v) is 7.68. The van der Waals surface area contributed by atoms with E-state index in [1.807, 2.05) is 6.07 Å². The number of anilines is 1. The first-order chi connectivity index (χ1) is 10.2. The predicted octanol–water partition coefficient (Wildman–Crippen LogP) is 2.68. The molecular formula is C17H23N3O. The summed E-state index contributed by atoms with van der Waals surface area (Å²) in [7, 11) is 0. The van der Waals surface area contributed by atoms with Crippen LogP contribution in [-0.4, -0.2) is 43.4 Å². The lowest BCUT2D eigenvalue weighted by molar-refractivity contribution is 0.101. The molecule has 1 heterocycles. The zero-order chi connectivity index (χ0) is 15.2. The van der Waals surface area contributed by atoms with Crippen LogP contribution in [0.25, 0.3) is 0 Å². The highest BCUT2D eigenvalue weighted by molar-refractivity contribution is 5.95. The Balaban J connectivity index is 2.22. The van der Waals surface area contributed by atoms with Crippen LogP contribution in [0.4, 0.5) is 5.69 Å². The molecule has 1 aliphatic heterocycles. The highest BCUT2D eigenvalue weighted by Crippen LogP contribution is 2.23. The molecule has 1 aromatic carbocycles. The number of rotatable bonds is 4. The van der Waals surface area contributed by atoms with Crippen LogP contribution in [0.3, 0.4) is 0 Å². The van der Waals surface area contributed by atoms with E-state index in [9.17, 15) is 10.1 Å². The van der Waals surface area contributed by atoms with E-state index >= 15 is 0 Å². The minimum absolute atomic E-state index is 0.0446. The third kappa shape index (κ3) is 3.83. The highest BCUT2D eigenvalue weighted by Gasteiger charge is 2.18. The standard InChI is InChI=1S/C17H23N3O/c1-3-7-19-8-4-9-20(11-10-19)17-12-15(14(2)21)5-6-16(17)13-18/h5-6,12H,3-4,7-11H2,1-2H3. The molecule has 0 N–H and O–H groups in total. The lowest BCUT2D eigenvalue weighted by Gasteiger charge is -2.24. The van der Waals surface area contributed by atoms with Gasteiger partial charge in [-0.2, -0.15) is 5.26 Å². The maximum absolute atomic E-state index is 11.6. The van der Waals surface area contributed by atoms with E-state index < -0.39 is 0 Å². The van der Waals surface area contributed by atoms with Gasteiger partial charge in [-0.25, -0.2) is 0 Å². The van der Waals surface area contributed by atoms with Gasteiger partial charge in [0.05, 0.1) is 11.3 Å². The van der Waals surface area contributed by atoms with Crippen LogP contribution in [0.1, 0.15) is 42.6 Å². The van der Waals surface area contributed by atoms with E-state index in [-0.39, 0.29) is 5.78 Å². The Morgan fingerprint density at radius 2 is 2.10 bits per heavy atom. The molecule has 0 unspecified atom stereocenters. The van der Waals surface area contributed by atoms with Crippen molar-refractivity contribution in [3.63, 3.8) is 0 Å². The maximum Gasteiger partial charge on any atom is 0.159 e. The summed E-state index contributed by atoms with van der Waals surface area (Å²) in [5.74, 6) is 0.0446. The number of benzene rings is 1. The van der Waals surface area contributed by atoms with Crippen molar-refractivity contribution in [1.29, 1.82) is 5.26 Å². The molecule has 21 heavy (non-hydrogen) atoms. The second-order valence-corrected chi connectivity index (χ2v) is 5.58. The fourth-order valence-electron chi connectivity index (χ4n) is 2.86. The maximum atomic E-state index is 11.6. The van der Waals surface area contributed by atoms with Crippen LogP contribution >= 0.6 is 0 Å². The van der Waals surface area contributed by atoms with Gasteiger partial charge in [-0.1, -0.05) is 6.92 Å². The van der Waals surface area contributed by atoms with Crippen LogP contribution in [0, 0.1) is 11.3 Å². The van der Waals surface area contributed by atoms with Crippen molar-refractivity contribution in [2.45, 2.75) is 26.7 Å². The normalized spacial score (nSPS) is 16.3. The molecule has 1 saturated heterocycles. The van der Waals surface area contributed by atoms with Gasteiger partial charge in [0, 0.05) is 25.2 Å². The summed E-state index contributed by atoms with van der Waals surface area (Å²) >= 11 is 0. The van der Waals surface area contributed by atoms with Gasteiger partial charge < -0.3 is 9.80 Å². The average Bonchev–Trinajstić information content (AvgIpc) is 2.72. The van der Waals surface area contributed by atoms with Gasteiger partial charge in [0.25, 0.3) is 0 Å². The summed E-state index contributed by atoms with van der Waals surface area (Å²) in [6.07, 6.45) is 2.26. The molecule has 1 aliphatic rings. The molecule has 0 atom stereocenters. The minimum Gasteiger partial charge on any atom is -0.369 e. The molecule has 0 aromatic heterocycles. The lowest BCUT2D eigenvalue weighted by Crippen LogP contribution is -2.31. The second-order valence-electron chi connectivity index (χ2n) is 5.58. The molecular weight excluding hydrogens is 262 g/mol. The van der Waals surface area contributed by atoms with Gasteiger partial charge in [-0.05, 0) is 51.1 Å². The number of nitrogens with zero attached hydrogens (tertiary/aromatic N) is 3. The largest absolute Gasteiger partial charge is 0.369 e. The van der Waals surface area contributed by atoms with E-state index in [1.165, 1.54) is 6.42 Å². The van der Waals surface area contributed by atoms with Gasteiger partial charge >= 0.3 is 0 Å². The molecule has 1 fully saturated rings. The van der Waals surface area contributed by atoms with Gasteiger partial charge in [-0.3, -0.25) is 4.79 Å². The summed E-state index contributed by atoms with van der Waals surface area (Å²) in [5, 5.41) is 9.31. The lowest BCUT2D eigenvalue weighted by atomic mass is 10.1. The summed E-state index contributed by atoms with van der Waals surface area (Å²) in [4.78, 5) is 16.3. The fourth-order valence-corrected chi connectivity index (χ4v) is 2.86. The summed E-state index contributed by atoms with van der Waals surface area (Å²) in [5.41, 5.74) is 2.24. The molecule has 0 aliphatic carbocycles. The molecule has 112 valence electrons. The minimum atomic E-state index is 0.0446. The van der Waals surface area contributed by atoms with Crippen molar-refractivity contribution in [2.75, 3.05) is 37.6 Å². The fraction of sp³-hybridized carbons (Fsp3) is 0.529. The van der Waals surface area contributed by atoms with Crippen molar-refractivity contribution >= 4 is 11.5 Å². The first kappa shape index (κ1) is 15.5. The van der Waals surface area contributed by atoms with Crippen molar-refractivity contribution in [3.05, 3.63) is 29.3 Å². The first-order valence-electron chi connectivity index (χ1n) is 7.68. The van der Waals surface area contributed by atoms with Crippen molar-refractivity contribution in [2.24, 2.45) is 0 Å². The van der Waals surface area contributed by atoms with Crippen LogP contribution in [0.15, 0.2) is 18.2 Å². The van der Waals surface area contributed by atoms with Gasteiger partial charge in [0.15, 0.2) is 5.78 Å². The predicted molar refractivity (Wildman–Crippen MR) is 84.7 cm³/mol. The Bertz CT molecular complexity index is 547. The number of nitriles is 1. The summed E-state index contributed by atoms with van der Waals surface area (Å²) in [6, 6.07) is 7.63. The Kier molecular flexibility index (Phi) is 5.35. The van der Waals surface area contributed by atoms with Crippen molar-refractivity contribution in [3.8, 4) is 6.07 Å². The number of ketones is 1. The quantitative estimate of drug-likeness (QED) is 0.798. The molecule has 2 rings (SSSR count). The Morgan fingerprint density at radius 1 is 1.29 bits per heavy atom. The number of hydrogen-bond acceptors (Lipinski definition) is 4. The zero-order valence-electron chi connectivity index (χ0n) is 12.9. The molecule has 0 saturated carbocycles. The van der Waals surface area contributed by atoms with Crippen LogP contribution in [0.5, 0.6) is 0 Å². The summed E-state index contributed by atoms with van der Waals surface area (Å²) < 4.78 is 0. The molecule has 0 amide bonds. The monoisotopic (exact) mass is 285 g/mol. The molecule has 4 heteroatoms. The van der Waals surface area contributed by atoms with E-state index in [2.05, 4.69) is 22.8 Å². The molecule has 0 radical (unpaired) electrons. The highest BCUT2D eigenvalue weighted by atomic mass is 16.1. The third-order valence-electron chi connectivity index (χ3n) is 3.99. The van der Waals surface area contributed by atoms with Crippen molar-refractivity contribution < 1.29 is 4.79 Å². The van der Waals surface area contributed by atoms with Gasteiger partial charge in [0.1, 0.15) is 6.07 Å². The number of carbonyl (C=O) groups is 1. The van der Waals surface area contributed by atoms with Gasteiger partial charge in [-0.15, -0.1) is 0 Å². The molecule has 4 nitrogen and oxygen atoms in total. The number of carbonyl (C=O) groups excluding carboxylic acids is 1. The Morgan fingerprint density at radius 3 is 2.76 bits per heavy atom. The zero-order valence-corrected chi connectivity index (χ0v) is 12.9. The molecule has 0 spiro atoms. The van der Waals surface area contributed by atoms with Crippen molar-refractivity contribution in [1.82, 2.24) is 4.90 Å². The third-order valence-corrected chi connectivity index (χ3v) is 3.99. The Labute approximate surface area is 127 Å². The smallest absolute Gasteiger partial charge is 0.159 e. The molecule has 1 aromatic rings. The SMILES string of the molecule is CCCN1CCCN(c2cc(C(C)=O)ccc2C#N)CC1. The van der Waals surface area contributed by atoms with Crippen LogP contribution < -0.4 is 4.90 Å². The van der Waals surface area contributed by atoms with E-state index in [0.29, 0.717) is 11.1 Å². The molecule has 0 bridgehead atoms. The average molecular weight is 285 g/mol. The second kappa shape index (κ2) is 7.24. The summed E-state index contributed by atoms with van der Waals surface area (Å²) in [6.45, 7) is 8.88. The van der Waals surface area contributed by atoms with E-state index in [4.69, 9.17) is 0 Å². The number of hydrogen-bond donors (Lipinski definition) is 0. The van der Waals surface area contributed by atoms with Gasteiger partial charge in [0.2, 0.25) is 0 Å². The van der Waals surface area contributed by atoms with Crippen LogP contribution in [0.2, 0.25) is 0 Å². The van der Waals surface area contributed by atoms with Crippen LogP contribution in [-0.2, 0) is 0 Å². The number of Topliss-reactive ketones (excluding diaryl/α,β-unsaturated/α-hetero) is 1. The van der Waals surface area contributed by atoms with E-state index in [0.717, 1.165) is 44.8 Å². The topological polar surface area (TPSA) is 47.3 Å².